The standard InChI is InChI=1S/C19H34N2O2/c1-3-4-5-8-13-20-17(22)16-10-9-14-21(15-16)18(23)19(2)11-6-7-12-19/h16H,3-15H2,1-2H3,(H,20,22). The highest BCUT2D eigenvalue weighted by atomic mass is 16.2. The summed E-state index contributed by atoms with van der Waals surface area (Å²) >= 11 is 0. The quantitative estimate of drug-likeness (QED) is 0.729. The van der Waals surface area contributed by atoms with E-state index in [0.717, 1.165) is 58.0 Å². The Hall–Kier alpha value is -1.06. The van der Waals surface area contributed by atoms with Gasteiger partial charge in [-0.2, -0.15) is 0 Å². The lowest BCUT2D eigenvalue weighted by Crippen LogP contribution is -2.49. The largest absolute Gasteiger partial charge is 0.356 e. The number of rotatable bonds is 7. The molecule has 0 aromatic rings. The maximum Gasteiger partial charge on any atom is 0.228 e. The number of likely N-dealkylation sites (tertiary alicyclic amines) is 1. The molecular weight excluding hydrogens is 288 g/mol. The van der Waals surface area contributed by atoms with Crippen LogP contribution in [0.4, 0.5) is 0 Å². The Kier molecular flexibility index (Phi) is 6.91. The fourth-order valence-corrected chi connectivity index (χ4v) is 4.03. The first kappa shape index (κ1) is 18.3. The van der Waals surface area contributed by atoms with Gasteiger partial charge >= 0.3 is 0 Å². The van der Waals surface area contributed by atoms with Crippen LogP contribution >= 0.6 is 0 Å². The molecule has 2 rings (SSSR count). The minimum atomic E-state index is -0.168. The molecule has 0 aromatic carbocycles. The van der Waals surface area contributed by atoms with Gasteiger partial charge in [-0.1, -0.05) is 46.0 Å². The zero-order valence-corrected chi connectivity index (χ0v) is 15.0. The van der Waals surface area contributed by atoms with Crippen LogP contribution in [0.25, 0.3) is 0 Å². The van der Waals surface area contributed by atoms with E-state index in [1.54, 1.807) is 0 Å². The Morgan fingerprint density at radius 2 is 1.87 bits per heavy atom. The molecule has 0 spiro atoms. The Bertz CT molecular complexity index is 402. The number of amides is 2. The second-order valence-electron chi connectivity index (χ2n) is 7.71. The van der Waals surface area contributed by atoms with Crippen LogP contribution in [0.2, 0.25) is 0 Å². The maximum atomic E-state index is 12.8. The van der Waals surface area contributed by atoms with Gasteiger partial charge in [0.15, 0.2) is 0 Å². The van der Waals surface area contributed by atoms with Gasteiger partial charge in [0.1, 0.15) is 0 Å². The fourth-order valence-electron chi connectivity index (χ4n) is 4.03. The van der Waals surface area contributed by atoms with Crippen molar-refractivity contribution in [2.75, 3.05) is 19.6 Å². The number of carbonyl (C=O) groups excluding carboxylic acids is 2. The van der Waals surface area contributed by atoms with Gasteiger partial charge in [0.05, 0.1) is 5.92 Å². The summed E-state index contributed by atoms with van der Waals surface area (Å²) < 4.78 is 0. The minimum Gasteiger partial charge on any atom is -0.356 e. The molecule has 1 saturated heterocycles. The lowest BCUT2D eigenvalue weighted by atomic mass is 9.85. The van der Waals surface area contributed by atoms with E-state index < -0.39 is 0 Å². The van der Waals surface area contributed by atoms with E-state index in [-0.39, 0.29) is 23.1 Å². The van der Waals surface area contributed by atoms with Crippen LogP contribution in [0, 0.1) is 11.3 Å². The number of piperidine rings is 1. The van der Waals surface area contributed by atoms with Crippen LogP contribution < -0.4 is 5.32 Å². The molecule has 132 valence electrons. The molecule has 1 heterocycles. The summed E-state index contributed by atoms with van der Waals surface area (Å²) in [5.41, 5.74) is -0.168. The van der Waals surface area contributed by atoms with E-state index in [2.05, 4.69) is 19.2 Å². The molecule has 1 saturated carbocycles. The Morgan fingerprint density at radius 3 is 2.57 bits per heavy atom. The van der Waals surface area contributed by atoms with Crippen molar-refractivity contribution < 1.29 is 9.59 Å². The molecule has 2 aliphatic rings. The first-order chi connectivity index (χ1) is 11.1. The Balaban J connectivity index is 1.78. The van der Waals surface area contributed by atoms with E-state index >= 15 is 0 Å². The normalized spacial score (nSPS) is 23.7. The van der Waals surface area contributed by atoms with E-state index in [1.165, 1.54) is 19.3 Å². The monoisotopic (exact) mass is 322 g/mol. The SMILES string of the molecule is CCCCCCNC(=O)C1CCCN(C(=O)C2(C)CCCC2)C1. The lowest BCUT2D eigenvalue weighted by Gasteiger charge is -2.37. The van der Waals surface area contributed by atoms with Crippen molar-refractivity contribution in [3.63, 3.8) is 0 Å². The summed E-state index contributed by atoms with van der Waals surface area (Å²) in [6, 6.07) is 0. The van der Waals surface area contributed by atoms with Crippen molar-refractivity contribution in [1.82, 2.24) is 10.2 Å². The topological polar surface area (TPSA) is 49.4 Å². The van der Waals surface area contributed by atoms with Gasteiger partial charge in [0.2, 0.25) is 11.8 Å². The summed E-state index contributed by atoms with van der Waals surface area (Å²) in [4.78, 5) is 27.1. The summed E-state index contributed by atoms with van der Waals surface area (Å²) in [5.74, 6) is 0.426. The zero-order chi connectivity index (χ0) is 16.7. The summed E-state index contributed by atoms with van der Waals surface area (Å²) in [6.45, 7) is 6.53. The van der Waals surface area contributed by atoms with Gasteiger partial charge < -0.3 is 10.2 Å². The molecule has 23 heavy (non-hydrogen) atoms. The highest BCUT2D eigenvalue weighted by Gasteiger charge is 2.40. The number of carbonyl (C=O) groups is 2. The van der Waals surface area contributed by atoms with Crippen LogP contribution in [0.15, 0.2) is 0 Å². The van der Waals surface area contributed by atoms with Gasteiger partial charge in [-0.25, -0.2) is 0 Å². The molecule has 1 aliphatic carbocycles. The molecule has 1 N–H and O–H groups in total. The van der Waals surface area contributed by atoms with Gasteiger partial charge in [-0.05, 0) is 32.1 Å². The van der Waals surface area contributed by atoms with Crippen LogP contribution in [0.1, 0.15) is 78.1 Å². The first-order valence-corrected chi connectivity index (χ1v) is 9.64. The van der Waals surface area contributed by atoms with Crippen LogP contribution in [0.5, 0.6) is 0 Å². The second kappa shape index (κ2) is 8.70. The molecule has 1 aliphatic heterocycles. The lowest BCUT2D eigenvalue weighted by molar-refractivity contribution is -0.144. The van der Waals surface area contributed by atoms with Gasteiger partial charge in [-0.15, -0.1) is 0 Å². The third-order valence-corrected chi connectivity index (χ3v) is 5.63. The van der Waals surface area contributed by atoms with Crippen LogP contribution in [-0.4, -0.2) is 36.3 Å². The van der Waals surface area contributed by atoms with Crippen molar-refractivity contribution in [2.24, 2.45) is 11.3 Å². The molecule has 2 fully saturated rings. The average Bonchev–Trinajstić information content (AvgIpc) is 3.02. The van der Waals surface area contributed by atoms with E-state index in [1.807, 2.05) is 4.90 Å². The molecule has 0 radical (unpaired) electrons. The maximum absolute atomic E-state index is 12.8. The van der Waals surface area contributed by atoms with Crippen LogP contribution in [0.3, 0.4) is 0 Å². The van der Waals surface area contributed by atoms with E-state index in [4.69, 9.17) is 0 Å². The van der Waals surface area contributed by atoms with Crippen molar-refractivity contribution >= 4 is 11.8 Å². The van der Waals surface area contributed by atoms with Crippen molar-refractivity contribution in [3.05, 3.63) is 0 Å². The van der Waals surface area contributed by atoms with Gasteiger partial charge in [0.25, 0.3) is 0 Å². The van der Waals surface area contributed by atoms with E-state index in [0.29, 0.717) is 6.54 Å². The molecule has 2 amide bonds. The number of nitrogens with zero attached hydrogens (tertiary/aromatic N) is 1. The highest BCUT2D eigenvalue weighted by molar-refractivity contribution is 5.84. The second-order valence-corrected chi connectivity index (χ2v) is 7.71. The number of hydrogen-bond donors (Lipinski definition) is 1. The van der Waals surface area contributed by atoms with Gasteiger partial charge in [0, 0.05) is 25.0 Å². The smallest absolute Gasteiger partial charge is 0.228 e. The fraction of sp³-hybridized carbons (Fsp3) is 0.895. The zero-order valence-electron chi connectivity index (χ0n) is 15.0. The van der Waals surface area contributed by atoms with Crippen molar-refractivity contribution in [3.8, 4) is 0 Å². The highest BCUT2D eigenvalue weighted by Crippen LogP contribution is 2.39. The average molecular weight is 322 g/mol. The first-order valence-electron chi connectivity index (χ1n) is 9.64. The van der Waals surface area contributed by atoms with E-state index in [9.17, 15) is 9.59 Å². The third-order valence-electron chi connectivity index (χ3n) is 5.63. The minimum absolute atomic E-state index is 0.0103. The van der Waals surface area contributed by atoms with Crippen molar-refractivity contribution in [1.29, 1.82) is 0 Å². The summed E-state index contributed by atoms with van der Waals surface area (Å²) in [7, 11) is 0. The molecule has 0 bridgehead atoms. The molecule has 4 heteroatoms. The van der Waals surface area contributed by atoms with Crippen molar-refractivity contribution in [2.45, 2.75) is 78.1 Å². The Labute approximate surface area is 141 Å². The van der Waals surface area contributed by atoms with Crippen LogP contribution in [-0.2, 0) is 9.59 Å². The number of nitrogens with one attached hydrogen (secondary N) is 1. The number of hydrogen-bond acceptors (Lipinski definition) is 2. The summed E-state index contributed by atoms with van der Waals surface area (Å²) in [5, 5.41) is 3.07. The summed E-state index contributed by atoms with van der Waals surface area (Å²) in [6.07, 6.45) is 10.9. The molecule has 4 nitrogen and oxygen atoms in total. The predicted molar refractivity (Wildman–Crippen MR) is 93.0 cm³/mol. The molecule has 0 aromatic heterocycles. The molecule has 1 unspecified atom stereocenters. The number of unbranched alkanes of at least 4 members (excludes halogenated alkanes) is 3. The Morgan fingerprint density at radius 1 is 1.13 bits per heavy atom. The molecule has 1 atom stereocenters. The predicted octanol–water partition coefficient (Wildman–Crippen LogP) is 3.50. The van der Waals surface area contributed by atoms with Gasteiger partial charge in [-0.3, -0.25) is 9.59 Å². The third kappa shape index (κ3) is 4.95. The molecular formula is C19H34N2O2.